The summed E-state index contributed by atoms with van der Waals surface area (Å²) in [6.45, 7) is 1.19. The molecule has 2 unspecified atom stereocenters. The highest BCUT2D eigenvalue weighted by atomic mass is 35.5. The molecular weight excluding hydrogens is 502 g/mol. The molecule has 2 atom stereocenters. The molecule has 180 valence electrons. The minimum atomic E-state index is -5.06. The number of carbonyl (C=O) groups is 1. The van der Waals surface area contributed by atoms with Crippen LogP contribution in [-0.2, 0) is 10.3 Å². The summed E-state index contributed by atoms with van der Waals surface area (Å²) < 4.78 is 56.7. The van der Waals surface area contributed by atoms with E-state index in [1.54, 1.807) is 0 Å². The van der Waals surface area contributed by atoms with E-state index in [0.29, 0.717) is 0 Å². The number of aliphatic hydroxyl groups is 1. The lowest BCUT2D eigenvalue weighted by atomic mass is 9.78. The molecule has 3 aromatic rings. The van der Waals surface area contributed by atoms with Crippen LogP contribution in [0.2, 0.25) is 10.2 Å². The summed E-state index contributed by atoms with van der Waals surface area (Å²) >= 11 is 12.0. The van der Waals surface area contributed by atoms with E-state index in [1.165, 1.54) is 25.1 Å². The van der Waals surface area contributed by atoms with Crippen LogP contribution in [0.4, 0.5) is 18.0 Å². The second-order valence-corrected chi connectivity index (χ2v) is 7.68. The minimum Gasteiger partial charge on any atom is -0.437 e. The number of hydrogen-bond acceptors (Lipinski definition) is 8. The Balaban J connectivity index is 1.86. The summed E-state index contributed by atoms with van der Waals surface area (Å²) in [4.78, 5) is 22.4. The molecule has 0 aliphatic heterocycles. The van der Waals surface area contributed by atoms with E-state index in [0.717, 1.165) is 37.8 Å². The monoisotopic (exact) mass is 517 g/mol. The summed E-state index contributed by atoms with van der Waals surface area (Å²) in [5.74, 6) is -1.53. The van der Waals surface area contributed by atoms with Gasteiger partial charge in [0.15, 0.2) is 5.60 Å². The van der Waals surface area contributed by atoms with Crippen molar-refractivity contribution in [3.8, 4) is 17.5 Å². The average Bonchev–Trinajstić information content (AvgIpc) is 2.78. The molecule has 34 heavy (non-hydrogen) atoms. The molecule has 0 bridgehead atoms. The van der Waals surface area contributed by atoms with Crippen molar-refractivity contribution in [3.05, 3.63) is 70.2 Å². The molecule has 0 saturated heterocycles. The van der Waals surface area contributed by atoms with Crippen molar-refractivity contribution in [2.75, 3.05) is 7.11 Å². The zero-order chi connectivity index (χ0) is 25.1. The van der Waals surface area contributed by atoms with Gasteiger partial charge in [0, 0.05) is 17.1 Å². The van der Waals surface area contributed by atoms with Crippen LogP contribution >= 0.6 is 23.2 Å². The Morgan fingerprint density at radius 3 is 2.29 bits per heavy atom. The highest BCUT2D eigenvalue weighted by Gasteiger charge is 2.59. The third-order valence-electron chi connectivity index (χ3n) is 4.85. The first-order valence-corrected chi connectivity index (χ1v) is 10.2. The standard InChI is InChI=1S/C21H16Cl2F3N3O5/c1-11(20(31,21(24,25)26)12-5-6-27-16(23)7-12)14-4-3-13(8-15(14)22)33-17-9-29-18(10-28-17)34-19(30)32-2/h3-11,31H,1-2H3. The van der Waals surface area contributed by atoms with Gasteiger partial charge in [-0.05, 0) is 35.4 Å². The lowest BCUT2D eigenvalue weighted by Gasteiger charge is -2.37. The fourth-order valence-corrected chi connectivity index (χ4v) is 3.61. The Labute approximate surface area is 201 Å². The minimum absolute atomic E-state index is 0.00713. The first kappa shape index (κ1) is 25.5. The Bertz CT molecular complexity index is 1180. The lowest BCUT2D eigenvalue weighted by Crippen LogP contribution is -2.46. The average molecular weight is 518 g/mol. The van der Waals surface area contributed by atoms with Gasteiger partial charge >= 0.3 is 12.3 Å². The molecule has 0 amide bonds. The number of pyridine rings is 1. The Morgan fingerprint density at radius 2 is 1.74 bits per heavy atom. The second kappa shape index (κ2) is 10.00. The second-order valence-electron chi connectivity index (χ2n) is 6.89. The molecule has 0 spiro atoms. The van der Waals surface area contributed by atoms with Gasteiger partial charge < -0.3 is 19.3 Å². The number of alkyl halides is 3. The van der Waals surface area contributed by atoms with E-state index in [2.05, 4.69) is 19.7 Å². The van der Waals surface area contributed by atoms with Gasteiger partial charge in [-0.15, -0.1) is 0 Å². The molecule has 0 aliphatic carbocycles. The topological polar surface area (TPSA) is 104 Å². The zero-order valence-corrected chi connectivity index (χ0v) is 19.0. The van der Waals surface area contributed by atoms with Crippen molar-refractivity contribution in [2.45, 2.75) is 24.6 Å². The van der Waals surface area contributed by atoms with Crippen molar-refractivity contribution < 1.29 is 37.3 Å². The number of methoxy groups -OCH3 is 1. The third-order valence-corrected chi connectivity index (χ3v) is 5.38. The van der Waals surface area contributed by atoms with E-state index in [1.807, 2.05) is 0 Å². The van der Waals surface area contributed by atoms with Crippen LogP contribution in [0.15, 0.2) is 48.9 Å². The van der Waals surface area contributed by atoms with Gasteiger partial charge in [-0.3, -0.25) is 0 Å². The largest absolute Gasteiger partial charge is 0.514 e. The predicted octanol–water partition coefficient (Wildman–Crippen LogP) is 5.67. The maximum absolute atomic E-state index is 14.1. The van der Waals surface area contributed by atoms with E-state index in [4.69, 9.17) is 32.7 Å². The molecule has 1 N–H and O–H groups in total. The highest BCUT2D eigenvalue weighted by molar-refractivity contribution is 6.31. The number of rotatable bonds is 6. The van der Waals surface area contributed by atoms with Crippen molar-refractivity contribution in [1.82, 2.24) is 15.0 Å². The molecular formula is C21H16Cl2F3N3O5. The fourth-order valence-electron chi connectivity index (χ4n) is 3.10. The highest BCUT2D eigenvalue weighted by Crippen LogP contribution is 2.50. The Hall–Kier alpha value is -3.15. The van der Waals surface area contributed by atoms with Gasteiger partial charge in [-0.25, -0.2) is 19.7 Å². The van der Waals surface area contributed by atoms with Gasteiger partial charge in [-0.2, -0.15) is 13.2 Å². The smallest absolute Gasteiger partial charge is 0.437 e. The van der Waals surface area contributed by atoms with Crippen molar-refractivity contribution in [2.24, 2.45) is 0 Å². The summed E-state index contributed by atoms with van der Waals surface area (Å²) in [7, 11) is 1.13. The molecule has 13 heteroatoms. The molecule has 2 aromatic heterocycles. The quantitative estimate of drug-likeness (QED) is 0.329. The Kier molecular flexibility index (Phi) is 7.49. The number of hydrogen-bond donors (Lipinski definition) is 1. The molecule has 3 rings (SSSR count). The maximum atomic E-state index is 14.1. The summed E-state index contributed by atoms with van der Waals surface area (Å²) in [6.07, 6.45) is -2.71. The number of aromatic nitrogens is 3. The van der Waals surface area contributed by atoms with Gasteiger partial charge in [0.1, 0.15) is 10.9 Å². The molecule has 1 aromatic carbocycles. The van der Waals surface area contributed by atoms with Gasteiger partial charge in [0.2, 0.25) is 11.8 Å². The van der Waals surface area contributed by atoms with Crippen LogP contribution in [0.1, 0.15) is 24.0 Å². The predicted molar refractivity (Wildman–Crippen MR) is 114 cm³/mol. The van der Waals surface area contributed by atoms with E-state index in [-0.39, 0.29) is 33.2 Å². The van der Waals surface area contributed by atoms with Gasteiger partial charge in [-0.1, -0.05) is 36.2 Å². The van der Waals surface area contributed by atoms with E-state index in [9.17, 15) is 23.1 Å². The maximum Gasteiger partial charge on any atom is 0.514 e. The molecule has 8 nitrogen and oxygen atoms in total. The van der Waals surface area contributed by atoms with Crippen molar-refractivity contribution in [3.63, 3.8) is 0 Å². The summed E-state index contributed by atoms with van der Waals surface area (Å²) in [5, 5.41) is 10.5. The number of ether oxygens (including phenoxy) is 3. The van der Waals surface area contributed by atoms with Crippen LogP contribution in [-0.4, -0.2) is 39.5 Å². The normalized spacial score (nSPS) is 14.1. The molecule has 2 heterocycles. The van der Waals surface area contributed by atoms with Crippen LogP contribution in [0, 0.1) is 0 Å². The lowest BCUT2D eigenvalue weighted by molar-refractivity contribution is -0.274. The number of benzene rings is 1. The van der Waals surface area contributed by atoms with E-state index < -0.39 is 29.4 Å². The molecule has 0 aliphatic rings. The number of carbonyl (C=O) groups excluding carboxylic acids is 1. The first-order valence-electron chi connectivity index (χ1n) is 9.42. The van der Waals surface area contributed by atoms with Crippen LogP contribution in [0.25, 0.3) is 0 Å². The third kappa shape index (κ3) is 5.32. The Morgan fingerprint density at radius 1 is 1.06 bits per heavy atom. The van der Waals surface area contributed by atoms with Gasteiger partial charge in [0.25, 0.3) is 0 Å². The zero-order valence-electron chi connectivity index (χ0n) is 17.5. The van der Waals surface area contributed by atoms with Crippen LogP contribution < -0.4 is 9.47 Å². The number of halogens is 5. The van der Waals surface area contributed by atoms with Gasteiger partial charge in [0.05, 0.1) is 19.5 Å². The van der Waals surface area contributed by atoms with Crippen molar-refractivity contribution >= 4 is 29.4 Å². The molecule has 0 fully saturated rings. The fraction of sp³-hybridized carbons (Fsp3) is 0.238. The molecule has 0 radical (unpaired) electrons. The number of nitrogens with zero attached hydrogens (tertiary/aromatic N) is 3. The van der Waals surface area contributed by atoms with Crippen LogP contribution in [0.5, 0.6) is 17.5 Å². The van der Waals surface area contributed by atoms with Crippen LogP contribution in [0.3, 0.4) is 0 Å². The van der Waals surface area contributed by atoms with E-state index >= 15 is 0 Å². The van der Waals surface area contributed by atoms with Crippen molar-refractivity contribution in [1.29, 1.82) is 0 Å². The SMILES string of the molecule is COC(=O)Oc1cnc(Oc2ccc(C(C)C(O)(c3ccnc(Cl)c3)C(F)(F)F)c(Cl)c2)cn1. The molecule has 0 saturated carbocycles. The first-order chi connectivity index (χ1) is 16.0. The summed E-state index contributed by atoms with van der Waals surface area (Å²) in [6, 6.07) is 5.90. The summed E-state index contributed by atoms with van der Waals surface area (Å²) in [5.41, 5.74) is -3.77.